The zero-order valence-electron chi connectivity index (χ0n) is 12.9. The van der Waals surface area contributed by atoms with Gasteiger partial charge in [-0.25, -0.2) is 4.39 Å². The Morgan fingerprint density at radius 2 is 1.95 bits per heavy atom. The first-order valence-electron chi connectivity index (χ1n) is 7.98. The minimum Gasteiger partial charge on any atom is -0.373 e. The maximum absolute atomic E-state index is 14.1. The van der Waals surface area contributed by atoms with Gasteiger partial charge in [0.1, 0.15) is 5.82 Å². The Bertz CT molecular complexity index is 480. The molecule has 4 heteroatoms. The van der Waals surface area contributed by atoms with Gasteiger partial charge >= 0.3 is 0 Å². The standard InChI is InChI=1S/C17H25FN2O/c1-12-9-20(10-13(2)21-12)11-15-7-14(3-6-17(15)18)8-19-16-4-5-16/h3,6-7,12-13,16,19H,4-5,8-11H2,1-2H3/t12-,13+. The summed E-state index contributed by atoms with van der Waals surface area (Å²) in [6.07, 6.45) is 2.99. The summed E-state index contributed by atoms with van der Waals surface area (Å²) >= 11 is 0. The summed E-state index contributed by atoms with van der Waals surface area (Å²) < 4.78 is 19.8. The van der Waals surface area contributed by atoms with Crippen molar-refractivity contribution in [1.29, 1.82) is 0 Å². The molecule has 2 atom stereocenters. The number of hydrogen-bond acceptors (Lipinski definition) is 3. The van der Waals surface area contributed by atoms with Crippen LogP contribution in [0.4, 0.5) is 4.39 Å². The predicted molar refractivity (Wildman–Crippen MR) is 81.5 cm³/mol. The van der Waals surface area contributed by atoms with Crippen molar-refractivity contribution in [3.8, 4) is 0 Å². The monoisotopic (exact) mass is 292 g/mol. The third-order valence-electron chi connectivity index (χ3n) is 4.17. The lowest BCUT2D eigenvalue weighted by molar-refractivity contribution is -0.0707. The van der Waals surface area contributed by atoms with Crippen LogP contribution >= 0.6 is 0 Å². The molecule has 21 heavy (non-hydrogen) atoms. The van der Waals surface area contributed by atoms with E-state index in [-0.39, 0.29) is 18.0 Å². The second-order valence-corrected chi connectivity index (χ2v) is 6.53. The molecule has 2 fully saturated rings. The summed E-state index contributed by atoms with van der Waals surface area (Å²) in [4.78, 5) is 2.29. The van der Waals surface area contributed by atoms with Gasteiger partial charge in [-0.2, -0.15) is 0 Å². The van der Waals surface area contributed by atoms with Crippen LogP contribution in [0.25, 0.3) is 0 Å². The Kier molecular flexibility index (Phi) is 4.57. The van der Waals surface area contributed by atoms with Gasteiger partial charge in [0.25, 0.3) is 0 Å². The molecule has 1 heterocycles. The molecular weight excluding hydrogens is 267 g/mol. The Balaban J connectivity index is 1.63. The van der Waals surface area contributed by atoms with Gasteiger partial charge in [0.15, 0.2) is 0 Å². The molecule has 116 valence electrons. The van der Waals surface area contributed by atoms with E-state index in [1.165, 1.54) is 18.4 Å². The van der Waals surface area contributed by atoms with Crippen LogP contribution in [0, 0.1) is 5.82 Å². The van der Waals surface area contributed by atoms with E-state index in [4.69, 9.17) is 4.74 Å². The van der Waals surface area contributed by atoms with Crippen molar-refractivity contribution in [2.45, 2.75) is 58.0 Å². The molecule has 0 bridgehead atoms. The van der Waals surface area contributed by atoms with E-state index in [2.05, 4.69) is 24.1 Å². The average Bonchev–Trinajstić information content (AvgIpc) is 3.22. The van der Waals surface area contributed by atoms with Crippen LogP contribution in [0.1, 0.15) is 37.8 Å². The quantitative estimate of drug-likeness (QED) is 0.903. The van der Waals surface area contributed by atoms with Crippen molar-refractivity contribution in [3.63, 3.8) is 0 Å². The smallest absolute Gasteiger partial charge is 0.127 e. The number of rotatable bonds is 5. The highest BCUT2D eigenvalue weighted by molar-refractivity contribution is 5.25. The maximum Gasteiger partial charge on any atom is 0.127 e. The van der Waals surface area contributed by atoms with Crippen LogP contribution in [-0.2, 0) is 17.8 Å². The van der Waals surface area contributed by atoms with E-state index < -0.39 is 0 Å². The average molecular weight is 292 g/mol. The summed E-state index contributed by atoms with van der Waals surface area (Å²) in [6.45, 7) is 7.40. The molecule has 1 aliphatic carbocycles. The molecular formula is C17H25FN2O. The van der Waals surface area contributed by atoms with Gasteiger partial charge in [0.05, 0.1) is 12.2 Å². The number of hydrogen-bond donors (Lipinski definition) is 1. The fourth-order valence-corrected chi connectivity index (χ4v) is 3.06. The molecule has 1 aliphatic heterocycles. The molecule has 1 saturated carbocycles. The number of benzene rings is 1. The van der Waals surface area contributed by atoms with Crippen LogP contribution < -0.4 is 5.32 Å². The topological polar surface area (TPSA) is 24.5 Å². The zero-order chi connectivity index (χ0) is 14.8. The Morgan fingerprint density at radius 1 is 1.24 bits per heavy atom. The molecule has 2 aliphatic rings. The molecule has 0 aromatic heterocycles. The van der Waals surface area contributed by atoms with Crippen LogP contribution in [0.15, 0.2) is 18.2 Å². The molecule has 1 N–H and O–H groups in total. The highest BCUT2D eigenvalue weighted by atomic mass is 19.1. The predicted octanol–water partition coefficient (Wildman–Crippen LogP) is 2.69. The molecule has 1 aromatic rings. The lowest BCUT2D eigenvalue weighted by atomic mass is 10.1. The van der Waals surface area contributed by atoms with E-state index >= 15 is 0 Å². The van der Waals surface area contributed by atoms with E-state index in [0.717, 1.165) is 25.2 Å². The first-order chi connectivity index (χ1) is 10.1. The van der Waals surface area contributed by atoms with Gasteiger partial charge in [-0.1, -0.05) is 12.1 Å². The number of nitrogens with zero attached hydrogens (tertiary/aromatic N) is 1. The van der Waals surface area contributed by atoms with E-state index in [9.17, 15) is 4.39 Å². The van der Waals surface area contributed by atoms with Gasteiger partial charge in [-0.15, -0.1) is 0 Å². The zero-order valence-corrected chi connectivity index (χ0v) is 12.9. The van der Waals surface area contributed by atoms with Gasteiger partial charge in [0, 0.05) is 37.8 Å². The fraction of sp³-hybridized carbons (Fsp3) is 0.647. The van der Waals surface area contributed by atoms with Gasteiger partial charge in [-0.3, -0.25) is 4.90 Å². The van der Waals surface area contributed by atoms with Crippen molar-refractivity contribution < 1.29 is 9.13 Å². The van der Waals surface area contributed by atoms with E-state index in [0.29, 0.717) is 12.6 Å². The molecule has 3 nitrogen and oxygen atoms in total. The molecule has 0 radical (unpaired) electrons. The Morgan fingerprint density at radius 3 is 2.62 bits per heavy atom. The maximum atomic E-state index is 14.1. The number of ether oxygens (including phenoxy) is 1. The Hall–Kier alpha value is -0.970. The van der Waals surface area contributed by atoms with Crippen LogP contribution in [-0.4, -0.2) is 36.2 Å². The van der Waals surface area contributed by atoms with Crippen LogP contribution in [0.3, 0.4) is 0 Å². The summed E-state index contributed by atoms with van der Waals surface area (Å²) in [5.41, 5.74) is 1.97. The number of halogens is 1. The Labute approximate surface area is 126 Å². The van der Waals surface area contributed by atoms with Crippen molar-refractivity contribution in [3.05, 3.63) is 35.1 Å². The highest BCUT2D eigenvalue weighted by Gasteiger charge is 2.23. The third kappa shape index (κ3) is 4.25. The highest BCUT2D eigenvalue weighted by Crippen LogP contribution is 2.21. The third-order valence-corrected chi connectivity index (χ3v) is 4.17. The minimum atomic E-state index is -0.100. The number of morpholine rings is 1. The summed E-state index contributed by atoms with van der Waals surface area (Å²) in [5, 5.41) is 3.48. The summed E-state index contributed by atoms with van der Waals surface area (Å²) in [7, 11) is 0. The SMILES string of the molecule is C[C@@H]1CN(Cc2cc(CNC3CC3)ccc2F)C[C@H](C)O1. The minimum absolute atomic E-state index is 0.100. The largest absolute Gasteiger partial charge is 0.373 e. The first-order valence-corrected chi connectivity index (χ1v) is 7.98. The molecule has 1 aromatic carbocycles. The molecule has 3 rings (SSSR count). The van der Waals surface area contributed by atoms with Gasteiger partial charge < -0.3 is 10.1 Å². The van der Waals surface area contributed by atoms with Crippen LogP contribution in [0.2, 0.25) is 0 Å². The summed E-state index contributed by atoms with van der Waals surface area (Å²) in [6, 6.07) is 6.18. The molecule has 0 unspecified atom stereocenters. The van der Waals surface area contributed by atoms with Crippen molar-refractivity contribution in [1.82, 2.24) is 10.2 Å². The van der Waals surface area contributed by atoms with Crippen molar-refractivity contribution in [2.24, 2.45) is 0 Å². The summed E-state index contributed by atoms with van der Waals surface area (Å²) in [5.74, 6) is -0.100. The lowest BCUT2D eigenvalue weighted by Crippen LogP contribution is -2.44. The van der Waals surface area contributed by atoms with Crippen molar-refractivity contribution in [2.75, 3.05) is 13.1 Å². The van der Waals surface area contributed by atoms with E-state index in [1.54, 1.807) is 6.07 Å². The second-order valence-electron chi connectivity index (χ2n) is 6.53. The lowest BCUT2D eigenvalue weighted by Gasteiger charge is -2.35. The fourth-order valence-electron chi connectivity index (χ4n) is 3.06. The molecule has 1 saturated heterocycles. The van der Waals surface area contributed by atoms with Crippen LogP contribution in [0.5, 0.6) is 0 Å². The number of nitrogens with one attached hydrogen (secondary N) is 1. The normalized spacial score (nSPS) is 27.0. The molecule has 0 amide bonds. The second kappa shape index (κ2) is 6.42. The van der Waals surface area contributed by atoms with E-state index in [1.807, 2.05) is 12.1 Å². The first kappa shape index (κ1) is 14.9. The van der Waals surface area contributed by atoms with Gasteiger partial charge in [-0.05, 0) is 38.3 Å². The van der Waals surface area contributed by atoms with Crippen molar-refractivity contribution >= 4 is 0 Å². The van der Waals surface area contributed by atoms with Gasteiger partial charge in [0.2, 0.25) is 0 Å². The molecule has 0 spiro atoms.